The molecule has 0 aliphatic carbocycles. The fourth-order valence-corrected chi connectivity index (χ4v) is 5.19. The van der Waals surface area contributed by atoms with Gasteiger partial charge in [-0.2, -0.15) is 9.13 Å². The first-order valence-electron chi connectivity index (χ1n) is 12.1. The molecule has 0 saturated heterocycles. The lowest BCUT2D eigenvalue weighted by Crippen LogP contribution is -2.33. The third-order valence-electron chi connectivity index (χ3n) is 6.86. The summed E-state index contributed by atoms with van der Waals surface area (Å²) in [6.45, 7) is 9.10. The lowest BCUT2D eigenvalue weighted by Gasteiger charge is -2.16. The number of hydrogen-bond donors (Lipinski definition) is 0. The third-order valence-corrected chi connectivity index (χ3v) is 6.86. The number of nitrogens with zero attached hydrogens (tertiary/aromatic N) is 2. The van der Waals surface area contributed by atoms with Gasteiger partial charge in [0.1, 0.15) is 11.3 Å². The lowest BCUT2D eigenvalue weighted by atomic mass is 9.92. The molecule has 0 unspecified atom stereocenters. The topological polar surface area (TPSA) is 21.9 Å². The zero-order valence-corrected chi connectivity index (χ0v) is 20.1. The average molecular weight is 446 g/mol. The van der Waals surface area contributed by atoms with Crippen molar-refractivity contribution in [2.45, 2.75) is 39.5 Å². The van der Waals surface area contributed by atoms with E-state index in [0.717, 1.165) is 33.1 Å². The molecule has 0 aliphatic rings. The molecule has 0 aliphatic heterocycles. The molecule has 6 aromatic rings. The third kappa shape index (κ3) is 3.07. The minimum atomic E-state index is 0.419. The van der Waals surface area contributed by atoms with Crippen LogP contribution in [0.15, 0.2) is 95.7 Å². The van der Waals surface area contributed by atoms with Crippen LogP contribution >= 0.6 is 0 Å². The highest BCUT2D eigenvalue weighted by Crippen LogP contribution is 2.34. The molecule has 2 aromatic heterocycles. The van der Waals surface area contributed by atoms with Crippen LogP contribution in [-0.2, 0) is 0 Å². The van der Waals surface area contributed by atoms with Gasteiger partial charge in [0.2, 0.25) is 0 Å². The Morgan fingerprint density at radius 1 is 0.676 bits per heavy atom. The summed E-state index contributed by atoms with van der Waals surface area (Å²) in [5.41, 5.74) is 9.24. The molecule has 168 valence electrons. The Labute approximate surface area is 199 Å². The molecule has 0 saturated carbocycles. The molecule has 2 heterocycles. The Bertz CT molecular complexity index is 1640. The molecule has 34 heavy (non-hydrogen) atoms. The highest BCUT2D eigenvalue weighted by molar-refractivity contribution is 6.07. The van der Waals surface area contributed by atoms with Gasteiger partial charge in [-0.15, -0.1) is 0 Å². The van der Waals surface area contributed by atoms with Crippen LogP contribution in [0.2, 0.25) is 0 Å². The summed E-state index contributed by atoms with van der Waals surface area (Å²) in [6.07, 6.45) is 2.24. The Balaban J connectivity index is 1.70. The van der Waals surface area contributed by atoms with Crippen molar-refractivity contribution in [3.05, 3.63) is 102 Å². The van der Waals surface area contributed by atoms with Crippen LogP contribution in [0, 0.1) is 0 Å². The molecular weight excluding hydrogens is 416 g/mol. The fraction of sp³-hybridized carbons (Fsp3) is 0.194. The highest BCUT2D eigenvalue weighted by Gasteiger charge is 2.26. The average Bonchev–Trinajstić information content (AvgIpc) is 3.42. The van der Waals surface area contributed by atoms with Gasteiger partial charge in [-0.05, 0) is 36.1 Å². The van der Waals surface area contributed by atoms with Gasteiger partial charge in [0.15, 0.2) is 22.3 Å². The highest BCUT2D eigenvalue weighted by atomic mass is 16.3. The maximum atomic E-state index is 6.40. The quantitative estimate of drug-likeness (QED) is 0.252. The molecule has 4 aromatic carbocycles. The molecule has 3 nitrogen and oxygen atoms in total. The summed E-state index contributed by atoms with van der Waals surface area (Å²) < 4.78 is 11.1. The van der Waals surface area contributed by atoms with Crippen LogP contribution < -0.4 is 4.57 Å². The predicted octanol–water partition coefficient (Wildman–Crippen LogP) is 8.05. The van der Waals surface area contributed by atoms with Gasteiger partial charge in [0, 0.05) is 21.9 Å². The van der Waals surface area contributed by atoms with E-state index in [1.54, 1.807) is 0 Å². The van der Waals surface area contributed by atoms with E-state index >= 15 is 0 Å². The summed E-state index contributed by atoms with van der Waals surface area (Å²) >= 11 is 0. The van der Waals surface area contributed by atoms with Crippen molar-refractivity contribution in [3.8, 4) is 11.4 Å². The van der Waals surface area contributed by atoms with Crippen molar-refractivity contribution in [2.24, 2.45) is 0 Å². The number of benzene rings is 4. The van der Waals surface area contributed by atoms with E-state index in [2.05, 4.69) is 116 Å². The molecule has 0 N–H and O–H groups in total. The van der Waals surface area contributed by atoms with Gasteiger partial charge in [0.25, 0.3) is 6.33 Å². The summed E-state index contributed by atoms with van der Waals surface area (Å²) in [5, 5.41) is 2.29. The second kappa shape index (κ2) is 7.88. The SMILES string of the molecule is CC(C)c1cccc(C(C)C)c1-[n+]1cn(-c2cccc3c2oc2ccccc23)c2ccccc21. The number of aromatic nitrogens is 2. The molecule has 6 rings (SSSR count). The van der Waals surface area contributed by atoms with Crippen LogP contribution in [-0.4, -0.2) is 4.57 Å². The van der Waals surface area contributed by atoms with Gasteiger partial charge in [-0.1, -0.05) is 88.4 Å². The van der Waals surface area contributed by atoms with Crippen LogP contribution in [0.1, 0.15) is 50.7 Å². The lowest BCUT2D eigenvalue weighted by molar-refractivity contribution is -0.569. The van der Waals surface area contributed by atoms with Crippen molar-refractivity contribution in [3.63, 3.8) is 0 Å². The van der Waals surface area contributed by atoms with Crippen molar-refractivity contribution in [1.29, 1.82) is 0 Å². The predicted molar refractivity (Wildman–Crippen MR) is 140 cm³/mol. The van der Waals surface area contributed by atoms with E-state index in [4.69, 9.17) is 4.42 Å². The Hall–Kier alpha value is -3.85. The molecule has 0 spiro atoms. The minimum absolute atomic E-state index is 0.419. The smallest absolute Gasteiger partial charge is 0.255 e. The van der Waals surface area contributed by atoms with Gasteiger partial charge in [-0.3, -0.25) is 0 Å². The number of furan rings is 1. The zero-order valence-electron chi connectivity index (χ0n) is 20.1. The van der Waals surface area contributed by atoms with Crippen LogP contribution in [0.25, 0.3) is 44.3 Å². The zero-order chi connectivity index (χ0) is 23.4. The van der Waals surface area contributed by atoms with Crippen LogP contribution in [0.3, 0.4) is 0 Å². The summed E-state index contributed by atoms with van der Waals surface area (Å²) in [4.78, 5) is 0. The van der Waals surface area contributed by atoms with Gasteiger partial charge < -0.3 is 4.42 Å². The first-order chi connectivity index (χ1) is 16.5. The molecule has 0 fully saturated rings. The van der Waals surface area contributed by atoms with Gasteiger partial charge >= 0.3 is 0 Å². The normalized spacial score (nSPS) is 12.1. The van der Waals surface area contributed by atoms with Crippen LogP contribution in [0.4, 0.5) is 0 Å². The summed E-state index contributed by atoms with van der Waals surface area (Å²) in [6, 6.07) is 30.1. The van der Waals surface area contributed by atoms with Gasteiger partial charge in [0.05, 0.1) is 0 Å². The van der Waals surface area contributed by atoms with E-state index < -0.39 is 0 Å². The molecule has 0 bridgehead atoms. The number of fused-ring (bicyclic) bond motifs is 4. The Morgan fingerprint density at radius 3 is 2.09 bits per heavy atom. The van der Waals surface area contributed by atoms with Crippen molar-refractivity contribution < 1.29 is 8.98 Å². The minimum Gasteiger partial charge on any atom is -0.452 e. The van der Waals surface area contributed by atoms with Crippen molar-refractivity contribution in [2.75, 3.05) is 0 Å². The fourth-order valence-electron chi connectivity index (χ4n) is 5.19. The molecule has 0 amide bonds. The summed E-state index contributed by atoms with van der Waals surface area (Å²) in [5.74, 6) is 0.837. The van der Waals surface area contributed by atoms with Crippen LogP contribution in [0.5, 0.6) is 0 Å². The Kier molecular flexibility index (Phi) is 4.80. The summed E-state index contributed by atoms with van der Waals surface area (Å²) in [7, 11) is 0. The standard InChI is InChI=1S/C31H29N2O/c1-20(2)22-12-9-13-23(21(3)4)30(22)33-19-32(26-15-6-7-16-27(26)33)28-17-10-14-25-24-11-5-8-18-29(24)34-31(25)28/h5-21H,1-4H3/q+1. The van der Waals surface area contributed by atoms with E-state index in [1.165, 1.54) is 22.3 Å². The molecule has 0 atom stereocenters. The number of rotatable bonds is 4. The Morgan fingerprint density at radius 2 is 1.32 bits per heavy atom. The number of para-hydroxylation sites is 5. The van der Waals surface area contributed by atoms with E-state index in [0.29, 0.717) is 11.8 Å². The number of hydrogen-bond acceptors (Lipinski definition) is 1. The van der Waals surface area contributed by atoms with E-state index in [-0.39, 0.29) is 0 Å². The molecule has 3 heteroatoms. The van der Waals surface area contributed by atoms with E-state index in [1.807, 2.05) is 12.1 Å². The maximum Gasteiger partial charge on any atom is 0.255 e. The second-order valence-electron chi connectivity index (χ2n) is 9.69. The van der Waals surface area contributed by atoms with E-state index in [9.17, 15) is 0 Å². The molecular formula is C31H29N2O+. The molecule has 0 radical (unpaired) electrons. The van der Waals surface area contributed by atoms with Gasteiger partial charge in [-0.25, -0.2) is 0 Å². The largest absolute Gasteiger partial charge is 0.452 e. The second-order valence-corrected chi connectivity index (χ2v) is 9.69. The first kappa shape index (κ1) is 20.7. The maximum absolute atomic E-state index is 6.40. The monoisotopic (exact) mass is 445 g/mol. The first-order valence-corrected chi connectivity index (χ1v) is 12.1. The van der Waals surface area contributed by atoms with Crippen molar-refractivity contribution >= 4 is 33.0 Å². The number of imidazole rings is 1. The van der Waals surface area contributed by atoms with Crippen molar-refractivity contribution in [1.82, 2.24) is 4.57 Å².